The van der Waals surface area contributed by atoms with E-state index in [1.54, 1.807) is 11.7 Å². The number of thiazole rings is 1. The molecule has 7 rings (SSSR count). The lowest BCUT2D eigenvalue weighted by Crippen LogP contribution is -2.43. The van der Waals surface area contributed by atoms with Crippen LogP contribution in [0.25, 0.3) is 32.4 Å². The summed E-state index contributed by atoms with van der Waals surface area (Å²) in [5.41, 5.74) is 3.83. The predicted octanol–water partition coefficient (Wildman–Crippen LogP) is 5.68. The molecule has 3 fully saturated rings. The number of para-hydroxylation sites is 1. The van der Waals surface area contributed by atoms with Crippen molar-refractivity contribution >= 4 is 38.3 Å². The van der Waals surface area contributed by atoms with Gasteiger partial charge in [-0.2, -0.15) is 9.97 Å². The first-order chi connectivity index (χ1) is 18.1. The highest BCUT2D eigenvalue weighted by Gasteiger charge is 2.45. The van der Waals surface area contributed by atoms with Gasteiger partial charge in [0.1, 0.15) is 23.6 Å². The second-order valence-electron chi connectivity index (χ2n) is 10.9. The number of halogens is 1. The van der Waals surface area contributed by atoms with E-state index in [9.17, 15) is 0 Å². The molecule has 37 heavy (non-hydrogen) atoms. The van der Waals surface area contributed by atoms with E-state index in [1.807, 2.05) is 18.2 Å². The summed E-state index contributed by atoms with van der Waals surface area (Å²) in [7, 11) is 0. The van der Waals surface area contributed by atoms with E-state index in [0.29, 0.717) is 23.5 Å². The minimum atomic E-state index is -0.446. The second-order valence-corrected chi connectivity index (χ2v) is 11.8. The molecule has 192 valence electrons. The molecule has 6 heterocycles. The van der Waals surface area contributed by atoms with Gasteiger partial charge in [0.15, 0.2) is 5.82 Å². The quantitative estimate of drug-likeness (QED) is 0.337. The van der Waals surface area contributed by atoms with Crippen molar-refractivity contribution in [1.29, 1.82) is 0 Å². The number of rotatable bonds is 5. The standard InChI is InChI=1S/C28H31FN6OS/c1-18-6-3-11-34(15-18)26-20-14-30-24(19-7-2-8-21-23(19)31-17-37-21)22(29)25(20)32-27(33-26)36-16-28-9-4-12-35(28)13-5-10-28/h2,7-8,14,17-18H,3-6,9-13,15-16H2,1H3. The van der Waals surface area contributed by atoms with Gasteiger partial charge in [0.2, 0.25) is 0 Å². The third-order valence-corrected chi connectivity index (χ3v) is 9.29. The van der Waals surface area contributed by atoms with Crippen LogP contribution in [0.15, 0.2) is 29.9 Å². The highest BCUT2D eigenvalue weighted by atomic mass is 32.1. The van der Waals surface area contributed by atoms with Gasteiger partial charge in [0, 0.05) is 24.8 Å². The molecule has 0 saturated carbocycles. The summed E-state index contributed by atoms with van der Waals surface area (Å²) in [6.45, 7) is 6.83. The average Bonchev–Trinajstić information content (AvgIpc) is 3.63. The highest BCUT2D eigenvalue weighted by molar-refractivity contribution is 7.16. The Hall–Kier alpha value is -2.91. The van der Waals surface area contributed by atoms with Gasteiger partial charge in [-0.15, -0.1) is 11.3 Å². The molecular weight excluding hydrogens is 487 g/mol. The number of benzene rings is 1. The number of pyridine rings is 1. The van der Waals surface area contributed by atoms with Crippen LogP contribution in [-0.4, -0.2) is 63.2 Å². The van der Waals surface area contributed by atoms with Gasteiger partial charge in [-0.05, 0) is 63.6 Å². The van der Waals surface area contributed by atoms with E-state index in [1.165, 1.54) is 30.6 Å². The van der Waals surface area contributed by atoms with Gasteiger partial charge in [-0.25, -0.2) is 9.37 Å². The lowest BCUT2D eigenvalue weighted by Gasteiger charge is -2.33. The molecule has 0 radical (unpaired) electrons. The van der Waals surface area contributed by atoms with Gasteiger partial charge >= 0.3 is 6.01 Å². The van der Waals surface area contributed by atoms with Crippen molar-refractivity contribution in [3.8, 4) is 17.3 Å². The largest absolute Gasteiger partial charge is 0.461 e. The fraction of sp³-hybridized carbons (Fsp3) is 0.500. The predicted molar refractivity (Wildman–Crippen MR) is 145 cm³/mol. The number of ether oxygens (including phenoxy) is 1. The molecule has 0 spiro atoms. The van der Waals surface area contributed by atoms with E-state index in [0.717, 1.165) is 61.5 Å². The zero-order chi connectivity index (χ0) is 25.0. The number of anilines is 1. The molecule has 1 atom stereocenters. The van der Waals surface area contributed by atoms with E-state index in [2.05, 4.69) is 31.7 Å². The molecule has 9 heteroatoms. The van der Waals surface area contributed by atoms with Crippen LogP contribution in [0.5, 0.6) is 6.01 Å². The number of fused-ring (bicyclic) bond motifs is 3. The van der Waals surface area contributed by atoms with Crippen LogP contribution >= 0.6 is 11.3 Å². The third kappa shape index (κ3) is 3.94. The van der Waals surface area contributed by atoms with Crippen molar-refractivity contribution in [2.45, 2.75) is 51.0 Å². The van der Waals surface area contributed by atoms with Gasteiger partial charge in [-0.3, -0.25) is 9.88 Å². The van der Waals surface area contributed by atoms with Crippen molar-refractivity contribution in [2.24, 2.45) is 5.92 Å². The van der Waals surface area contributed by atoms with Crippen molar-refractivity contribution in [3.05, 3.63) is 35.7 Å². The fourth-order valence-corrected chi connectivity index (χ4v) is 7.34. The Bertz CT molecular complexity index is 1460. The molecular formula is C28H31FN6OS. The van der Waals surface area contributed by atoms with Crippen molar-refractivity contribution in [3.63, 3.8) is 0 Å². The number of piperidine rings is 1. The lowest BCUT2D eigenvalue weighted by molar-refractivity contribution is 0.108. The summed E-state index contributed by atoms with van der Waals surface area (Å²) >= 11 is 1.54. The minimum absolute atomic E-state index is 0.0698. The maximum atomic E-state index is 16.3. The molecule has 3 aliphatic rings. The van der Waals surface area contributed by atoms with Crippen molar-refractivity contribution in [2.75, 3.05) is 37.7 Å². The highest BCUT2D eigenvalue weighted by Crippen LogP contribution is 2.40. The molecule has 1 aromatic carbocycles. The van der Waals surface area contributed by atoms with E-state index >= 15 is 4.39 Å². The second kappa shape index (κ2) is 9.13. The minimum Gasteiger partial charge on any atom is -0.461 e. The molecule has 3 saturated heterocycles. The van der Waals surface area contributed by atoms with Crippen LogP contribution in [0.1, 0.15) is 45.4 Å². The fourth-order valence-electron chi connectivity index (χ4n) is 6.63. The number of aromatic nitrogens is 4. The molecule has 7 nitrogen and oxygen atoms in total. The summed E-state index contributed by atoms with van der Waals surface area (Å²) in [5.74, 6) is 0.827. The topological polar surface area (TPSA) is 67.3 Å². The number of hydrogen-bond donors (Lipinski definition) is 0. The van der Waals surface area contributed by atoms with Gasteiger partial charge in [0.25, 0.3) is 0 Å². The first-order valence-electron chi connectivity index (χ1n) is 13.4. The maximum Gasteiger partial charge on any atom is 0.319 e. The van der Waals surface area contributed by atoms with Gasteiger partial charge < -0.3 is 9.64 Å². The van der Waals surface area contributed by atoms with Crippen LogP contribution < -0.4 is 9.64 Å². The Morgan fingerprint density at radius 3 is 2.78 bits per heavy atom. The van der Waals surface area contributed by atoms with Crippen LogP contribution in [0.4, 0.5) is 10.2 Å². The normalized spacial score (nSPS) is 21.7. The smallest absolute Gasteiger partial charge is 0.319 e. The van der Waals surface area contributed by atoms with E-state index in [-0.39, 0.29) is 22.8 Å². The van der Waals surface area contributed by atoms with Crippen LogP contribution in [0.3, 0.4) is 0 Å². The van der Waals surface area contributed by atoms with Crippen LogP contribution in [0.2, 0.25) is 0 Å². The summed E-state index contributed by atoms with van der Waals surface area (Å²) in [4.78, 5) is 23.4. The number of hydrogen-bond acceptors (Lipinski definition) is 8. The average molecular weight is 519 g/mol. The Morgan fingerprint density at radius 1 is 1.08 bits per heavy atom. The molecule has 0 N–H and O–H groups in total. The molecule has 3 aromatic heterocycles. The number of nitrogens with zero attached hydrogens (tertiary/aromatic N) is 6. The first kappa shape index (κ1) is 23.2. The Morgan fingerprint density at radius 2 is 1.95 bits per heavy atom. The van der Waals surface area contributed by atoms with Crippen molar-refractivity contribution < 1.29 is 9.13 Å². The molecule has 0 amide bonds. The zero-order valence-corrected chi connectivity index (χ0v) is 21.9. The summed E-state index contributed by atoms with van der Waals surface area (Å²) in [5, 5.41) is 0.634. The van der Waals surface area contributed by atoms with E-state index in [4.69, 9.17) is 9.72 Å². The first-order valence-corrected chi connectivity index (χ1v) is 14.3. The SMILES string of the molecule is CC1CCCN(c2nc(OCC34CCCN3CCC4)nc3c(F)c(-c4cccc5scnc45)ncc23)C1. The zero-order valence-electron chi connectivity index (χ0n) is 21.1. The van der Waals surface area contributed by atoms with Crippen molar-refractivity contribution in [1.82, 2.24) is 24.8 Å². The molecule has 4 aromatic rings. The molecule has 0 aliphatic carbocycles. The summed E-state index contributed by atoms with van der Waals surface area (Å²) < 4.78 is 23.6. The Balaban J connectivity index is 1.33. The molecule has 0 bridgehead atoms. The summed E-state index contributed by atoms with van der Waals surface area (Å²) in [6, 6.07) is 6.05. The monoisotopic (exact) mass is 518 g/mol. The Kier molecular flexibility index (Phi) is 5.73. The maximum absolute atomic E-state index is 16.3. The van der Waals surface area contributed by atoms with Crippen LogP contribution in [-0.2, 0) is 0 Å². The molecule has 1 unspecified atom stereocenters. The Labute approximate surface area is 219 Å². The third-order valence-electron chi connectivity index (χ3n) is 8.50. The van der Waals surface area contributed by atoms with Gasteiger partial charge in [0.05, 0.1) is 26.7 Å². The van der Waals surface area contributed by atoms with Crippen LogP contribution in [0, 0.1) is 11.7 Å². The van der Waals surface area contributed by atoms with E-state index < -0.39 is 5.82 Å². The summed E-state index contributed by atoms with van der Waals surface area (Å²) in [6.07, 6.45) is 8.67. The lowest BCUT2D eigenvalue weighted by atomic mass is 9.95. The molecule has 3 aliphatic heterocycles. The van der Waals surface area contributed by atoms with Gasteiger partial charge in [-0.1, -0.05) is 19.1 Å².